The van der Waals surface area contributed by atoms with Crippen LogP contribution in [0.4, 0.5) is 0 Å². The van der Waals surface area contributed by atoms with Crippen molar-refractivity contribution in [3.05, 3.63) is 36.0 Å². The summed E-state index contributed by atoms with van der Waals surface area (Å²) in [6.45, 7) is 3.79. The number of nitrogens with one attached hydrogen (secondary N) is 1. The van der Waals surface area contributed by atoms with Crippen molar-refractivity contribution < 1.29 is 4.74 Å². The Bertz CT molecular complexity index is 561. The highest BCUT2D eigenvalue weighted by molar-refractivity contribution is 6.40. The monoisotopic (exact) mass is 254 g/mol. The van der Waals surface area contributed by atoms with Gasteiger partial charge < -0.3 is 14.6 Å². The molecule has 2 heterocycles. The predicted molar refractivity (Wildman–Crippen MR) is 84.2 cm³/mol. The second kappa shape index (κ2) is 5.06. The minimum absolute atomic E-state index is 0.175. The fraction of sp³-hybridized carbons (Fsp3) is 0.429. The smallest absolute Gasteiger partial charge is 0.117 e. The second-order valence-electron chi connectivity index (χ2n) is 5.95. The van der Waals surface area contributed by atoms with Gasteiger partial charge in [-0.2, -0.15) is 0 Å². The molecular formula is C14H20B2N2O. The van der Waals surface area contributed by atoms with E-state index in [0.29, 0.717) is 0 Å². The first-order valence-corrected chi connectivity index (χ1v) is 7.05. The van der Waals surface area contributed by atoms with Gasteiger partial charge in [-0.3, -0.25) is 0 Å². The molecule has 19 heavy (non-hydrogen) atoms. The molecule has 1 aromatic heterocycles. The number of nitrogens with zero attached hydrogens (tertiary/aromatic N) is 1. The van der Waals surface area contributed by atoms with E-state index in [1.165, 1.54) is 16.5 Å². The van der Waals surface area contributed by atoms with Crippen molar-refractivity contribution >= 4 is 26.6 Å². The molecule has 1 N–H and O–H groups in total. The number of benzene rings is 1. The van der Waals surface area contributed by atoms with Crippen LogP contribution in [0.2, 0.25) is 0 Å². The Balaban J connectivity index is 1.83. The molecule has 3 nitrogen and oxygen atoms in total. The van der Waals surface area contributed by atoms with Crippen molar-refractivity contribution in [3.8, 4) is 0 Å². The van der Waals surface area contributed by atoms with Crippen molar-refractivity contribution in [2.75, 3.05) is 26.3 Å². The van der Waals surface area contributed by atoms with Crippen LogP contribution < -0.4 is 0 Å². The van der Waals surface area contributed by atoms with Gasteiger partial charge in [0.25, 0.3) is 0 Å². The number of morpholine rings is 1. The zero-order valence-electron chi connectivity index (χ0n) is 11.8. The molecule has 0 radical (unpaired) electrons. The Labute approximate surface area is 116 Å². The van der Waals surface area contributed by atoms with Gasteiger partial charge in [-0.05, 0) is 23.4 Å². The average Bonchev–Trinajstić information content (AvgIpc) is 2.83. The molecule has 1 aliphatic heterocycles. The van der Waals surface area contributed by atoms with Crippen LogP contribution in [0.1, 0.15) is 5.56 Å². The molecule has 0 saturated carbocycles. The van der Waals surface area contributed by atoms with Gasteiger partial charge in [0.1, 0.15) is 15.7 Å². The summed E-state index contributed by atoms with van der Waals surface area (Å²) in [6, 6.07) is 8.54. The third-order valence-electron chi connectivity index (χ3n) is 4.17. The van der Waals surface area contributed by atoms with E-state index in [-0.39, 0.29) is 5.34 Å². The molecule has 0 amide bonds. The first-order valence-electron chi connectivity index (χ1n) is 7.05. The van der Waals surface area contributed by atoms with Crippen molar-refractivity contribution in [1.82, 2.24) is 9.88 Å². The van der Waals surface area contributed by atoms with Crippen LogP contribution in [-0.4, -0.2) is 57.2 Å². The van der Waals surface area contributed by atoms with E-state index < -0.39 is 0 Å². The number of para-hydroxylation sites is 1. The summed E-state index contributed by atoms with van der Waals surface area (Å²) in [4.78, 5) is 5.91. The van der Waals surface area contributed by atoms with Crippen LogP contribution >= 0.6 is 0 Å². The topological polar surface area (TPSA) is 28.3 Å². The fourth-order valence-electron chi connectivity index (χ4n) is 3.02. The number of rotatable bonds is 3. The Hall–Kier alpha value is -1.19. The van der Waals surface area contributed by atoms with Gasteiger partial charge in [0.2, 0.25) is 0 Å². The maximum atomic E-state index is 5.45. The number of hydrogen-bond donors (Lipinski definition) is 1. The zero-order chi connectivity index (χ0) is 13.3. The third-order valence-corrected chi connectivity index (χ3v) is 4.17. The second-order valence-corrected chi connectivity index (χ2v) is 5.95. The third kappa shape index (κ3) is 2.58. The summed E-state index contributed by atoms with van der Waals surface area (Å²) in [7, 11) is 4.67. The van der Waals surface area contributed by atoms with Crippen molar-refractivity contribution in [3.63, 3.8) is 0 Å². The molecule has 0 atom stereocenters. The van der Waals surface area contributed by atoms with E-state index >= 15 is 0 Å². The molecule has 0 unspecified atom stereocenters. The fourth-order valence-corrected chi connectivity index (χ4v) is 3.02. The minimum atomic E-state index is 0.175. The highest BCUT2D eigenvalue weighted by Crippen LogP contribution is 2.23. The highest BCUT2D eigenvalue weighted by atomic mass is 16.5. The van der Waals surface area contributed by atoms with E-state index in [4.69, 9.17) is 4.74 Å². The van der Waals surface area contributed by atoms with Gasteiger partial charge in [0.15, 0.2) is 0 Å². The van der Waals surface area contributed by atoms with Gasteiger partial charge in [-0.1, -0.05) is 18.2 Å². The van der Waals surface area contributed by atoms with Gasteiger partial charge in [-0.15, -0.1) is 0 Å². The molecule has 0 aliphatic carbocycles. The van der Waals surface area contributed by atoms with Crippen LogP contribution in [0.25, 0.3) is 10.9 Å². The lowest BCUT2D eigenvalue weighted by molar-refractivity contribution is 0.0233. The summed E-state index contributed by atoms with van der Waals surface area (Å²) in [5.74, 6) is 0. The molecule has 1 fully saturated rings. The van der Waals surface area contributed by atoms with E-state index in [2.05, 4.69) is 56.0 Å². The molecule has 1 saturated heterocycles. The maximum Gasteiger partial charge on any atom is 0.117 e. The molecule has 0 spiro atoms. The van der Waals surface area contributed by atoms with Crippen LogP contribution in [0, 0.1) is 0 Å². The molecule has 1 aromatic carbocycles. The summed E-state index contributed by atoms with van der Waals surface area (Å²) >= 11 is 0. The summed E-state index contributed by atoms with van der Waals surface area (Å²) < 4.78 is 5.45. The summed E-state index contributed by atoms with van der Waals surface area (Å²) in [5, 5.41) is 1.53. The van der Waals surface area contributed by atoms with Crippen LogP contribution in [0.3, 0.4) is 0 Å². The zero-order valence-corrected chi connectivity index (χ0v) is 11.8. The molecule has 3 rings (SSSR count). The average molecular weight is 254 g/mol. The Kier molecular flexibility index (Phi) is 3.42. The van der Waals surface area contributed by atoms with Crippen LogP contribution in [-0.2, 0) is 11.2 Å². The highest BCUT2D eigenvalue weighted by Gasteiger charge is 2.28. The van der Waals surface area contributed by atoms with Gasteiger partial charge in [0, 0.05) is 30.2 Å². The van der Waals surface area contributed by atoms with Crippen molar-refractivity contribution in [2.24, 2.45) is 0 Å². The van der Waals surface area contributed by atoms with Crippen LogP contribution in [0.5, 0.6) is 0 Å². The largest absolute Gasteiger partial charge is 0.379 e. The quantitative estimate of drug-likeness (QED) is 0.778. The minimum Gasteiger partial charge on any atom is -0.379 e. The lowest BCUT2D eigenvalue weighted by Gasteiger charge is -2.41. The molecule has 2 aromatic rings. The maximum absolute atomic E-state index is 5.45. The van der Waals surface area contributed by atoms with Crippen LogP contribution in [0.15, 0.2) is 30.5 Å². The van der Waals surface area contributed by atoms with E-state index in [1.54, 1.807) is 0 Å². The lowest BCUT2D eigenvalue weighted by Crippen LogP contribution is -2.55. The molecule has 98 valence electrons. The molecule has 5 heteroatoms. The number of ether oxygens (including phenoxy) is 1. The Morgan fingerprint density at radius 3 is 2.74 bits per heavy atom. The molecule has 0 bridgehead atoms. The number of fused-ring (bicyclic) bond motifs is 1. The number of aromatic nitrogens is 1. The predicted octanol–water partition coefficient (Wildman–Crippen LogP) is -0.0374. The van der Waals surface area contributed by atoms with Gasteiger partial charge in [-0.25, -0.2) is 0 Å². The SMILES string of the molecule is BC(B)(Cc1c[nH]c2ccccc12)N1CCOCC1. The number of hydrogen-bond acceptors (Lipinski definition) is 2. The molecule has 1 aliphatic rings. The van der Waals surface area contributed by atoms with E-state index in [1.807, 2.05) is 0 Å². The van der Waals surface area contributed by atoms with Gasteiger partial charge >= 0.3 is 0 Å². The van der Waals surface area contributed by atoms with Crippen molar-refractivity contribution in [1.29, 1.82) is 0 Å². The Morgan fingerprint density at radius 1 is 1.21 bits per heavy atom. The molecular weight excluding hydrogens is 234 g/mol. The van der Waals surface area contributed by atoms with E-state index in [9.17, 15) is 0 Å². The summed E-state index contributed by atoms with van der Waals surface area (Å²) in [5.41, 5.74) is 2.64. The van der Waals surface area contributed by atoms with E-state index in [0.717, 1.165) is 32.7 Å². The number of H-pyrrole nitrogens is 1. The first kappa shape index (κ1) is 12.8. The lowest BCUT2D eigenvalue weighted by atomic mass is 9.57. The van der Waals surface area contributed by atoms with Gasteiger partial charge in [0.05, 0.1) is 13.2 Å². The standard InChI is InChI=1S/C14H20B2N2O/c15-14(16,18-5-7-19-8-6-18)9-11-10-17-13-4-2-1-3-12(11)13/h1-4,10,17H,5-9,15-16H2. The normalized spacial score (nSPS) is 17.9. The number of aromatic amines is 1. The first-order chi connectivity index (χ1) is 9.17. The Morgan fingerprint density at radius 2 is 1.95 bits per heavy atom. The van der Waals surface area contributed by atoms with Crippen molar-refractivity contribution in [2.45, 2.75) is 11.8 Å². The summed E-state index contributed by atoms with van der Waals surface area (Å²) in [6.07, 6.45) is 3.23.